The molecule has 0 radical (unpaired) electrons. The van der Waals surface area contributed by atoms with Crippen LogP contribution in [0.5, 0.6) is 0 Å². The van der Waals surface area contributed by atoms with Gasteiger partial charge in [0.1, 0.15) is 0 Å². The maximum atomic E-state index is 13.0. The Balaban J connectivity index is 1.84. The zero-order valence-corrected chi connectivity index (χ0v) is 15.0. The normalized spacial score (nSPS) is 20.2. The molecule has 0 bridgehead atoms. The maximum Gasteiger partial charge on any atom is 0.421 e. The summed E-state index contributed by atoms with van der Waals surface area (Å²) in [5.74, 6) is -0.207. The number of rotatable bonds is 3. The Morgan fingerprint density at radius 1 is 1.04 bits per heavy atom. The highest BCUT2D eigenvalue weighted by molar-refractivity contribution is 5.94. The number of amides is 1. The topological polar surface area (TPSA) is 40.5 Å². The van der Waals surface area contributed by atoms with Crippen LogP contribution in [0, 0.1) is 0 Å². The van der Waals surface area contributed by atoms with Crippen LogP contribution in [0.15, 0.2) is 54.6 Å². The van der Waals surface area contributed by atoms with Crippen LogP contribution in [0.4, 0.5) is 13.2 Å². The van der Waals surface area contributed by atoms with Crippen molar-refractivity contribution in [3.63, 3.8) is 0 Å². The molecule has 0 spiro atoms. The second-order valence-electron chi connectivity index (χ2n) is 7.07. The van der Waals surface area contributed by atoms with E-state index < -0.39 is 11.8 Å². The Kier molecular flexibility index (Phi) is 5.29. The van der Waals surface area contributed by atoms with Crippen molar-refractivity contribution in [2.24, 2.45) is 0 Å². The summed E-state index contributed by atoms with van der Waals surface area (Å²) in [7, 11) is 0. The summed E-state index contributed by atoms with van der Waals surface area (Å²) >= 11 is 0. The first-order valence-electron chi connectivity index (χ1n) is 8.97. The lowest BCUT2D eigenvalue weighted by atomic mass is 9.92. The van der Waals surface area contributed by atoms with Gasteiger partial charge in [-0.1, -0.05) is 42.5 Å². The lowest BCUT2D eigenvalue weighted by Crippen LogP contribution is -2.40. The average molecular weight is 377 g/mol. The van der Waals surface area contributed by atoms with Gasteiger partial charge in [-0.25, -0.2) is 0 Å². The van der Waals surface area contributed by atoms with E-state index in [2.05, 4.69) is 0 Å². The molecule has 3 rings (SSSR count). The molecule has 0 saturated carbocycles. The van der Waals surface area contributed by atoms with Gasteiger partial charge in [0.2, 0.25) is 0 Å². The average Bonchev–Trinajstić information content (AvgIpc) is 2.67. The van der Waals surface area contributed by atoms with Gasteiger partial charge in [-0.15, -0.1) is 0 Å². The fourth-order valence-electron chi connectivity index (χ4n) is 3.46. The van der Waals surface area contributed by atoms with Gasteiger partial charge in [-0.3, -0.25) is 4.79 Å². The van der Waals surface area contributed by atoms with Crippen LogP contribution in [0.2, 0.25) is 0 Å². The van der Waals surface area contributed by atoms with Gasteiger partial charge >= 0.3 is 6.18 Å². The van der Waals surface area contributed by atoms with Crippen molar-refractivity contribution >= 4 is 5.91 Å². The van der Waals surface area contributed by atoms with Crippen molar-refractivity contribution in [1.82, 2.24) is 4.90 Å². The minimum atomic E-state index is -4.79. The number of nitrogens with zero attached hydrogens (tertiary/aromatic N) is 1. The van der Waals surface area contributed by atoms with Crippen LogP contribution >= 0.6 is 0 Å². The molecule has 1 fully saturated rings. The van der Waals surface area contributed by atoms with Crippen molar-refractivity contribution in [1.29, 1.82) is 0 Å². The Labute approximate surface area is 156 Å². The minimum Gasteiger partial charge on any atom is -0.376 e. The van der Waals surface area contributed by atoms with Crippen LogP contribution in [-0.4, -0.2) is 28.6 Å². The minimum absolute atomic E-state index is 0.0367. The SMILES string of the molecule is CC(O)(c1ccc(C(=O)N2CCCCC2c2ccccc2)cc1)C(F)(F)F. The monoisotopic (exact) mass is 377 g/mol. The van der Waals surface area contributed by atoms with Crippen molar-refractivity contribution < 1.29 is 23.1 Å². The fourth-order valence-corrected chi connectivity index (χ4v) is 3.46. The van der Waals surface area contributed by atoms with Crippen molar-refractivity contribution in [3.05, 3.63) is 71.3 Å². The number of halogens is 3. The van der Waals surface area contributed by atoms with E-state index in [9.17, 15) is 23.1 Å². The second-order valence-corrected chi connectivity index (χ2v) is 7.07. The molecule has 3 nitrogen and oxygen atoms in total. The van der Waals surface area contributed by atoms with E-state index in [1.54, 1.807) is 4.90 Å². The van der Waals surface area contributed by atoms with Gasteiger partial charge in [0, 0.05) is 12.1 Å². The molecule has 1 aliphatic heterocycles. The summed E-state index contributed by atoms with van der Waals surface area (Å²) in [5.41, 5.74) is -1.86. The first kappa shape index (κ1) is 19.4. The summed E-state index contributed by atoms with van der Waals surface area (Å²) < 4.78 is 38.9. The van der Waals surface area contributed by atoms with Crippen LogP contribution in [-0.2, 0) is 5.60 Å². The van der Waals surface area contributed by atoms with Crippen LogP contribution in [0.3, 0.4) is 0 Å². The van der Waals surface area contributed by atoms with Crippen LogP contribution in [0.1, 0.15) is 53.7 Å². The quantitative estimate of drug-likeness (QED) is 0.833. The molecular weight excluding hydrogens is 355 g/mol. The van der Waals surface area contributed by atoms with Crippen LogP contribution in [0.25, 0.3) is 0 Å². The highest BCUT2D eigenvalue weighted by Crippen LogP contribution is 2.38. The van der Waals surface area contributed by atoms with E-state index in [0.29, 0.717) is 19.0 Å². The summed E-state index contributed by atoms with van der Waals surface area (Å²) in [5, 5.41) is 9.77. The lowest BCUT2D eigenvalue weighted by Gasteiger charge is -2.36. The standard InChI is InChI=1S/C21H22F3NO2/c1-20(27,21(22,23)24)17-12-10-16(11-13-17)19(26)25-14-6-5-9-18(25)15-7-3-2-4-8-15/h2-4,7-8,10-13,18,27H,5-6,9,14H2,1H3. The molecule has 27 heavy (non-hydrogen) atoms. The number of piperidine rings is 1. The number of aliphatic hydroxyl groups is 1. The number of carbonyl (C=O) groups is 1. The molecule has 2 aromatic rings. The van der Waals surface area contributed by atoms with Gasteiger partial charge in [0.15, 0.2) is 5.60 Å². The Morgan fingerprint density at radius 2 is 1.67 bits per heavy atom. The number of likely N-dealkylation sites (tertiary alicyclic amines) is 1. The zero-order valence-electron chi connectivity index (χ0n) is 15.0. The third-order valence-corrected chi connectivity index (χ3v) is 5.19. The van der Waals surface area contributed by atoms with Gasteiger partial charge in [0.05, 0.1) is 6.04 Å². The van der Waals surface area contributed by atoms with E-state index in [1.807, 2.05) is 30.3 Å². The van der Waals surface area contributed by atoms with Crippen molar-refractivity contribution in [3.8, 4) is 0 Å². The van der Waals surface area contributed by atoms with Gasteiger partial charge in [-0.2, -0.15) is 13.2 Å². The molecule has 1 saturated heterocycles. The lowest BCUT2D eigenvalue weighted by molar-refractivity contribution is -0.258. The summed E-state index contributed by atoms with van der Waals surface area (Å²) in [6, 6.07) is 14.8. The fraction of sp³-hybridized carbons (Fsp3) is 0.381. The van der Waals surface area contributed by atoms with Gasteiger partial charge in [-0.05, 0) is 49.4 Å². The van der Waals surface area contributed by atoms with Crippen molar-refractivity contribution in [2.45, 2.75) is 44.0 Å². The second kappa shape index (κ2) is 7.35. The molecule has 144 valence electrons. The number of alkyl halides is 3. The molecular formula is C21H22F3NO2. The van der Waals surface area contributed by atoms with E-state index in [1.165, 1.54) is 24.3 Å². The summed E-state index contributed by atoms with van der Waals surface area (Å²) in [6.45, 7) is 1.32. The zero-order chi connectivity index (χ0) is 19.7. The van der Waals surface area contributed by atoms with Crippen LogP contribution < -0.4 is 0 Å². The number of carbonyl (C=O) groups excluding carboxylic acids is 1. The molecule has 2 aromatic carbocycles. The molecule has 2 unspecified atom stereocenters. The number of benzene rings is 2. The first-order chi connectivity index (χ1) is 12.7. The smallest absolute Gasteiger partial charge is 0.376 e. The van der Waals surface area contributed by atoms with E-state index in [-0.39, 0.29) is 17.5 Å². The third kappa shape index (κ3) is 3.86. The molecule has 0 aromatic heterocycles. The van der Waals surface area contributed by atoms with E-state index >= 15 is 0 Å². The number of hydrogen-bond donors (Lipinski definition) is 1. The summed E-state index contributed by atoms with van der Waals surface area (Å²) in [4.78, 5) is 14.8. The highest BCUT2D eigenvalue weighted by Gasteiger charge is 2.51. The summed E-state index contributed by atoms with van der Waals surface area (Å²) in [6.07, 6.45) is -2.01. The predicted molar refractivity (Wildman–Crippen MR) is 96.1 cm³/mol. The highest BCUT2D eigenvalue weighted by atomic mass is 19.4. The number of hydrogen-bond acceptors (Lipinski definition) is 2. The van der Waals surface area contributed by atoms with Crippen molar-refractivity contribution in [2.75, 3.05) is 6.54 Å². The first-order valence-corrected chi connectivity index (χ1v) is 8.97. The molecule has 1 amide bonds. The third-order valence-electron chi connectivity index (χ3n) is 5.19. The maximum absolute atomic E-state index is 13.0. The van der Waals surface area contributed by atoms with Gasteiger partial charge in [0.25, 0.3) is 5.91 Å². The van der Waals surface area contributed by atoms with Gasteiger partial charge < -0.3 is 10.0 Å². The Bertz CT molecular complexity index is 785. The molecule has 1 aliphatic rings. The predicted octanol–water partition coefficient (Wildman–Crippen LogP) is 4.82. The molecule has 1 N–H and O–H groups in total. The Hall–Kier alpha value is -2.34. The molecule has 6 heteroatoms. The largest absolute Gasteiger partial charge is 0.421 e. The Morgan fingerprint density at radius 3 is 2.26 bits per heavy atom. The van der Waals surface area contributed by atoms with E-state index in [4.69, 9.17) is 0 Å². The molecule has 1 heterocycles. The molecule has 0 aliphatic carbocycles. The van der Waals surface area contributed by atoms with E-state index in [0.717, 1.165) is 24.8 Å². The molecule has 2 atom stereocenters.